The molecule has 28 heavy (non-hydrogen) atoms. The maximum absolute atomic E-state index is 12.1. The molecular weight excluding hydrogens is 402 g/mol. The molecule has 3 aromatic rings. The highest BCUT2D eigenvalue weighted by atomic mass is 32.1. The van der Waals surface area contributed by atoms with E-state index in [-0.39, 0.29) is 18.2 Å². The van der Waals surface area contributed by atoms with Crippen LogP contribution in [0.15, 0.2) is 29.0 Å². The number of nitrogens with one attached hydrogen (secondary N) is 1. The molecule has 0 radical (unpaired) electrons. The average Bonchev–Trinajstić information content (AvgIpc) is 3.34. The number of carbonyl (C=O) groups is 2. The average molecular weight is 419 g/mol. The first-order valence-electron chi connectivity index (χ1n) is 8.07. The maximum Gasteiger partial charge on any atom is 0.358 e. The number of methoxy groups -OCH3 is 2. The second kappa shape index (κ2) is 8.81. The van der Waals surface area contributed by atoms with E-state index in [0.717, 1.165) is 21.9 Å². The van der Waals surface area contributed by atoms with E-state index in [0.29, 0.717) is 22.3 Å². The number of hydrogen-bond donors (Lipinski definition) is 1. The molecule has 2 heterocycles. The summed E-state index contributed by atoms with van der Waals surface area (Å²) in [5, 5.41) is 6.94. The molecule has 10 heteroatoms. The van der Waals surface area contributed by atoms with E-state index in [1.807, 2.05) is 23.6 Å². The number of ether oxygens (including phenoxy) is 3. The number of nitrogens with zero attached hydrogens (tertiary/aromatic N) is 2. The Morgan fingerprint density at radius 2 is 1.93 bits per heavy atom. The maximum atomic E-state index is 12.1. The number of carbonyl (C=O) groups excluding carboxylic acids is 2. The predicted octanol–water partition coefficient (Wildman–Crippen LogP) is 3.60. The third kappa shape index (κ3) is 4.46. The summed E-state index contributed by atoms with van der Waals surface area (Å²) in [6, 6.07) is 5.54. The van der Waals surface area contributed by atoms with Crippen LogP contribution in [0.5, 0.6) is 11.5 Å². The largest absolute Gasteiger partial charge is 0.493 e. The smallest absolute Gasteiger partial charge is 0.358 e. The van der Waals surface area contributed by atoms with Crippen LogP contribution in [0.1, 0.15) is 23.1 Å². The summed E-state index contributed by atoms with van der Waals surface area (Å²) in [6.45, 7) is 1.38. The number of hydrogen-bond acceptors (Lipinski definition) is 9. The highest BCUT2D eigenvalue weighted by molar-refractivity contribution is 7.14. The lowest BCUT2D eigenvalue weighted by atomic mass is 10.2. The van der Waals surface area contributed by atoms with Gasteiger partial charge in [-0.05, 0) is 12.1 Å². The van der Waals surface area contributed by atoms with Crippen LogP contribution in [0.2, 0.25) is 0 Å². The number of benzene rings is 1. The van der Waals surface area contributed by atoms with Crippen LogP contribution >= 0.6 is 22.7 Å². The molecule has 146 valence electrons. The van der Waals surface area contributed by atoms with E-state index >= 15 is 0 Å². The molecule has 0 bridgehead atoms. The highest BCUT2D eigenvalue weighted by Gasteiger charge is 2.17. The van der Waals surface area contributed by atoms with Gasteiger partial charge >= 0.3 is 5.97 Å². The Labute approximate surface area is 169 Å². The lowest BCUT2D eigenvalue weighted by Gasteiger charge is -2.10. The van der Waals surface area contributed by atoms with Crippen LogP contribution in [-0.2, 0) is 16.1 Å². The fourth-order valence-electron chi connectivity index (χ4n) is 2.34. The molecule has 0 spiro atoms. The predicted molar refractivity (Wildman–Crippen MR) is 106 cm³/mol. The van der Waals surface area contributed by atoms with Gasteiger partial charge in [0.25, 0.3) is 0 Å². The molecule has 1 amide bonds. The summed E-state index contributed by atoms with van der Waals surface area (Å²) in [7, 11) is 3.14. The number of anilines is 1. The van der Waals surface area contributed by atoms with E-state index in [1.54, 1.807) is 14.2 Å². The zero-order valence-corrected chi connectivity index (χ0v) is 17.0. The molecule has 0 saturated heterocycles. The van der Waals surface area contributed by atoms with Crippen LogP contribution in [0.25, 0.3) is 10.6 Å². The van der Waals surface area contributed by atoms with Gasteiger partial charge in [-0.25, -0.2) is 14.8 Å². The normalized spacial score (nSPS) is 10.4. The number of rotatable bonds is 7. The number of thiazole rings is 2. The number of para-hydroxylation sites is 1. The summed E-state index contributed by atoms with van der Waals surface area (Å²) in [6.07, 6.45) is 0. The van der Waals surface area contributed by atoms with Gasteiger partial charge in [-0.2, -0.15) is 0 Å². The van der Waals surface area contributed by atoms with Crippen LogP contribution in [0, 0.1) is 0 Å². The quantitative estimate of drug-likeness (QED) is 0.584. The van der Waals surface area contributed by atoms with E-state index in [4.69, 9.17) is 14.2 Å². The molecule has 8 nitrogen and oxygen atoms in total. The lowest BCUT2D eigenvalue weighted by molar-refractivity contribution is -0.114. The molecule has 0 aliphatic heterocycles. The molecule has 1 aromatic carbocycles. The minimum Gasteiger partial charge on any atom is -0.493 e. The molecule has 0 atom stereocenters. The van der Waals surface area contributed by atoms with Crippen molar-refractivity contribution in [2.75, 3.05) is 19.5 Å². The third-order valence-corrected chi connectivity index (χ3v) is 5.21. The second-order valence-electron chi connectivity index (χ2n) is 5.48. The van der Waals surface area contributed by atoms with Gasteiger partial charge in [-0.1, -0.05) is 6.07 Å². The van der Waals surface area contributed by atoms with Gasteiger partial charge in [0.2, 0.25) is 5.91 Å². The van der Waals surface area contributed by atoms with E-state index in [9.17, 15) is 9.59 Å². The molecule has 0 aliphatic carbocycles. The van der Waals surface area contributed by atoms with Crippen LogP contribution in [0.3, 0.4) is 0 Å². The fraction of sp³-hybridized carbons (Fsp3) is 0.222. The summed E-state index contributed by atoms with van der Waals surface area (Å²) in [5.41, 5.74) is 1.54. The monoisotopic (exact) mass is 419 g/mol. The third-order valence-electron chi connectivity index (χ3n) is 3.53. The Bertz CT molecular complexity index is 999. The van der Waals surface area contributed by atoms with Gasteiger partial charge in [0, 0.05) is 17.7 Å². The summed E-state index contributed by atoms with van der Waals surface area (Å²) in [4.78, 5) is 31.7. The zero-order valence-electron chi connectivity index (χ0n) is 15.3. The van der Waals surface area contributed by atoms with Gasteiger partial charge < -0.3 is 19.5 Å². The van der Waals surface area contributed by atoms with E-state index < -0.39 is 5.97 Å². The van der Waals surface area contributed by atoms with Crippen molar-refractivity contribution >= 4 is 39.7 Å². The van der Waals surface area contributed by atoms with Crippen molar-refractivity contribution in [3.05, 3.63) is 40.3 Å². The molecule has 0 saturated carbocycles. The Balaban J connectivity index is 1.68. The van der Waals surface area contributed by atoms with Crippen molar-refractivity contribution in [3.8, 4) is 22.1 Å². The Hall–Kier alpha value is -2.98. The van der Waals surface area contributed by atoms with Crippen LogP contribution < -0.4 is 14.8 Å². The molecule has 0 aliphatic rings. The van der Waals surface area contributed by atoms with Crippen LogP contribution in [-0.4, -0.2) is 36.1 Å². The van der Waals surface area contributed by atoms with Gasteiger partial charge in [0.15, 0.2) is 22.3 Å². The topological polar surface area (TPSA) is 99.6 Å². The van der Waals surface area contributed by atoms with Crippen molar-refractivity contribution in [2.24, 2.45) is 0 Å². The molecule has 0 fully saturated rings. The lowest BCUT2D eigenvalue weighted by Crippen LogP contribution is -2.08. The first-order valence-corrected chi connectivity index (χ1v) is 9.83. The molecule has 3 rings (SSSR count). The first-order chi connectivity index (χ1) is 13.5. The van der Waals surface area contributed by atoms with Crippen molar-refractivity contribution in [1.82, 2.24) is 9.97 Å². The minimum atomic E-state index is -0.582. The second-order valence-corrected chi connectivity index (χ2v) is 7.20. The summed E-state index contributed by atoms with van der Waals surface area (Å²) >= 11 is 2.56. The van der Waals surface area contributed by atoms with Crippen LogP contribution in [0.4, 0.5) is 5.13 Å². The van der Waals surface area contributed by atoms with Gasteiger partial charge in [-0.3, -0.25) is 4.79 Å². The first kappa shape index (κ1) is 19.8. The molecular formula is C18H17N3O5S2. The minimum absolute atomic E-state index is 0.00855. The molecule has 0 unspecified atom stereocenters. The SMILES string of the molecule is COc1cccc(-c2nc(COC(=O)c3csc(NC(C)=O)n3)cs2)c1OC. The zero-order chi connectivity index (χ0) is 20.1. The van der Waals surface area contributed by atoms with Gasteiger partial charge in [0.05, 0.1) is 25.5 Å². The Morgan fingerprint density at radius 1 is 1.11 bits per heavy atom. The van der Waals surface area contributed by atoms with Crippen molar-refractivity contribution in [1.29, 1.82) is 0 Å². The number of amides is 1. The van der Waals surface area contributed by atoms with Gasteiger partial charge in [0.1, 0.15) is 11.6 Å². The highest BCUT2D eigenvalue weighted by Crippen LogP contribution is 2.39. The Morgan fingerprint density at radius 3 is 2.64 bits per heavy atom. The van der Waals surface area contributed by atoms with E-state index in [2.05, 4.69) is 15.3 Å². The van der Waals surface area contributed by atoms with Crippen molar-refractivity contribution < 1.29 is 23.8 Å². The number of aromatic nitrogens is 2. The van der Waals surface area contributed by atoms with E-state index in [1.165, 1.54) is 23.6 Å². The standard InChI is InChI=1S/C18H17N3O5S2/c1-10(22)19-18-21-13(9-28-18)17(23)26-7-11-8-27-16(20-11)12-5-4-6-14(24-2)15(12)25-3/h4-6,8-9H,7H2,1-3H3,(H,19,21,22). The fourth-order valence-corrected chi connectivity index (χ4v) is 3.89. The summed E-state index contributed by atoms with van der Waals surface area (Å²) < 4.78 is 16.0. The number of esters is 1. The van der Waals surface area contributed by atoms with Gasteiger partial charge in [-0.15, -0.1) is 22.7 Å². The van der Waals surface area contributed by atoms with Crippen molar-refractivity contribution in [2.45, 2.75) is 13.5 Å². The molecule has 1 N–H and O–H groups in total. The Kier molecular flexibility index (Phi) is 6.22. The summed E-state index contributed by atoms with van der Waals surface area (Å²) in [5.74, 6) is 0.371. The molecule has 2 aromatic heterocycles. The van der Waals surface area contributed by atoms with Crippen molar-refractivity contribution in [3.63, 3.8) is 0 Å².